The number of sulfonamides is 1. The van der Waals surface area contributed by atoms with Gasteiger partial charge in [-0.15, -0.1) is 0 Å². The third-order valence-electron chi connectivity index (χ3n) is 4.39. The van der Waals surface area contributed by atoms with Crippen molar-refractivity contribution in [1.29, 1.82) is 0 Å². The second-order valence-corrected chi connectivity index (χ2v) is 8.79. The summed E-state index contributed by atoms with van der Waals surface area (Å²) in [4.78, 5) is 18.6. The predicted molar refractivity (Wildman–Crippen MR) is 96.5 cm³/mol. The summed E-state index contributed by atoms with van der Waals surface area (Å²) in [5, 5.41) is 0.610. The Bertz CT molecular complexity index is 982. The van der Waals surface area contributed by atoms with Crippen LogP contribution < -0.4 is 4.72 Å². The van der Waals surface area contributed by atoms with Gasteiger partial charge in [0.05, 0.1) is 11.1 Å². The SMILES string of the molecule is O=C(c1ccnc2ccc(Br)cc12)N1CCC[C@@H]1CNS(=O)(=O)C(F)(F)F. The largest absolute Gasteiger partial charge is 0.511 e. The van der Waals surface area contributed by atoms with Crippen LogP contribution in [0.1, 0.15) is 23.2 Å². The van der Waals surface area contributed by atoms with E-state index < -0.39 is 28.1 Å². The number of benzene rings is 1. The van der Waals surface area contributed by atoms with Crippen molar-refractivity contribution in [2.24, 2.45) is 0 Å². The maximum Gasteiger partial charge on any atom is 0.511 e. The highest BCUT2D eigenvalue weighted by Crippen LogP contribution is 2.27. The van der Waals surface area contributed by atoms with Crippen molar-refractivity contribution in [3.8, 4) is 0 Å². The predicted octanol–water partition coefficient (Wildman–Crippen LogP) is 3.04. The monoisotopic (exact) mass is 465 g/mol. The molecule has 146 valence electrons. The summed E-state index contributed by atoms with van der Waals surface area (Å²) < 4.78 is 62.2. The molecule has 27 heavy (non-hydrogen) atoms. The van der Waals surface area contributed by atoms with E-state index >= 15 is 0 Å². The topological polar surface area (TPSA) is 79.4 Å². The first-order valence-electron chi connectivity index (χ1n) is 8.01. The summed E-state index contributed by atoms with van der Waals surface area (Å²) in [6.45, 7) is -0.143. The van der Waals surface area contributed by atoms with Crippen LogP contribution in [0.2, 0.25) is 0 Å². The molecule has 11 heteroatoms. The fourth-order valence-corrected chi connectivity index (χ4v) is 4.00. The second kappa shape index (κ2) is 7.36. The number of rotatable bonds is 4. The minimum atomic E-state index is -5.44. The molecule has 0 spiro atoms. The van der Waals surface area contributed by atoms with Crippen LogP contribution in [0.4, 0.5) is 13.2 Å². The van der Waals surface area contributed by atoms with Crippen molar-refractivity contribution < 1.29 is 26.4 Å². The molecule has 1 fully saturated rings. The number of fused-ring (bicyclic) bond motifs is 1. The summed E-state index contributed by atoms with van der Waals surface area (Å²) in [6.07, 6.45) is 2.48. The van der Waals surface area contributed by atoms with E-state index in [4.69, 9.17) is 0 Å². The molecule has 1 aromatic carbocycles. The average Bonchev–Trinajstić information content (AvgIpc) is 3.06. The summed E-state index contributed by atoms with van der Waals surface area (Å²) in [5.74, 6) is -0.366. The van der Waals surface area contributed by atoms with E-state index in [1.807, 2.05) is 0 Å². The molecule has 3 rings (SSSR count). The lowest BCUT2D eigenvalue weighted by Crippen LogP contribution is -2.46. The first-order chi connectivity index (χ1) is 12.6. The Morgan fingerprint density at radius 1 is 1.33 bits per heavy atom. The van der Waals surface area contributed by atoms with Gasteiger partial charge in [0, 0.05) is 35.2 Å². The molecule has 0 bridgehead atoms. The van der Waals surface area contributed by atoms with Crippen LogP contribution in [-0.4, -0.2) is 48.8 Å². The Kier molecular flexibility index (Phi) is 5.46. The molecule has 6 nitrogen and oxygen atoms in total. The molecular formula is C16H15BrF3N3O3S. The van der Waals surface area contributed by atoms with Gasteiger partial charge in [-0.2, -0.15) is 13.2 Å². The number of aromatic nitrogens is 1. The number of halogens is 4. The van der Waals surface area contributed by atoms with Crippen molar-refractivity contribution in [1.82, 2.24) is 14.6 Å². The number of nitrogens with zero attached hydrogens (tertiary/aromatic N) is 2. The minimum absolute atomic E-state index is 0.342. The molecule has 1 atom stereocenters. The van der Waals surface area contributed by atoms with Crippen LogP contribution in [-0.2, 0) is 10.0 Å². The van der Waals surface area contributed by atoms with Crippen LogP contribution in [0.3, 0.4) is 0 Å². The van der Waals surface area contributed by atoms with Gasteiger partial charge < -0.3 is 4.90 Å². The number of alkyl halides is 3. The molecule has 0 saturated carbocycles. The van der Waals surface area contributed by atoms with Gasteiger partial charge in [0.2, 0.25) is 0 Å². The maximum atomic E-state index is 13.0. The molecule has 0 radical (unpaired) electrons. The lowest BCUT2D eigenvalue weighted by molar-refractivity contribution is -0.0448. The van der Waals surface area contributed by atoms with Gasteiger partial charge in [-0.05, 0) is 37.1 Å². The number of pyridine rings is 1. The summed E-state index contributed by atoms with van der Waals surface area (Å²) in [7, 11) is -5.44. The van der Waals surface area contributed by atoms with Crippen LogP contribution in [0.5, 0.6) is 0 Å². The summed E-state index contributed by atoms with van der Waals surface area (Å²) in [5.41, 5.74) is -4.40. The maximum absolute atomic E-state index is 13.0. The normalized spacial score (nSPS) is 18.2. The van der Waals surface area contributed by atoms with Crippen molar-refractivity contribution >= 4 is 42.8 Å². The zero-order valence-electron chi connectivity index (χ0n) is 13.8. The lowest BCUT2D eigenvalue weighted by atomic mass is 10.1. The molecular weight excluding hydrogens is 451 g/mol. The Labute approximate surface area is 161 Å². The Hall–Kier alpha value is -1.72. The van der Waals surface area contributed by atoms with E-state index in [2.05, 4.69) is 20.9 Å². The van der Waals surface area contributed by atoms with E-state index in [1.54, 1.807) is 29.0 Å². The Morgan fingerprint density at radius 2 is 2.07 bits per heavy atom. The summed E-state index contributed by atoms with van der Waals surface area (Å²) >= 11 is 3.34. The third-order valence-corrected chi connectivity index (χ3v) is 6.04. The fourth-order valence-electron chi connectivity index (χ4n) is 3.06. The number of carbonyl (C=O) groups is 1. The van der Waals surface area contributed by atoms with Crippen LogP contribution >= 0.6 is 15.9 Å². The van der Waals surface area contributed by atoms with Gasteiger partial charge >= 0.3 is 15.5 Å². The van der Waals surface area contributed by atoms with Gasteiger partial charge in [-0.25, -0.2) is 13.1 Å². The van der Waals surface area contributed by atoms with Gasteiger partial charge in [-0.3, -0.25) is 9.78 Å². The van der Waals surface area contributed by atoms with Crippen molar-refractivity contribution in [2.45, 2.75) is 24.4 Å². The molecule has 1 saturated heterocycles. The number of nitrogens with one attached hydrogen (secondary N) is 1. The molecule has 1 N–H and O–H groups in total. The van der Waals surface area contributed by atoms with Gasteiger partial charge in [0.1, 0.15) is 0 Å². The molecule has 1 amide bonds. The van der Waals surface area contributed by atoms with E-state index in [0.717, 1.165) is 4.47 Å². The van der Waals surface area contributed by atoms with Gasteiger partial charge in [-0.1, -0.05) is 15.9 Å². The van der Waals surface area contributed by atoms with Crippen molar-refractivity contribution in [3.63, 3.8) is 0 Å². The number of likely N-dealkylation sites (tertiary alicyclic amines) is 1. The molecule has 1 aliphatic rings. The molecule has 1 aliphatic heterocycles. The molecule has 0 aliphatic carbocycles. The highest BCUT2D eigenvalue weighted by atomic mass is 79.9. The minimum Gasteiger partial charge on any atom is -0.334 e. The number of hydrogen-bond acceptors (Lipinski definition) is 4. The van der Waals surface area contributed by atoms with Gasteiger partial charge in [0.15, 0.2) is 0 Å². The zero-order chi connectivity index (χ0) is 19.8. The number of carbonyl (C=O) groups excluding carboxylic acids is 1. The molecule has 0 unspecified atom stereocenters. The Balaban J connectivity index is 1.84. The van der Waals surface area contributed by atoms with Crippen LogP contribution in [0, 0.1) is 0 Å². The number of amides is 1. The smallest absolute Gasteiger partial charge is 0.334 e. The van der Waals surface area contributed by atoms with E-state index in [9.17, 15) is 26.4 Å². The van der Waals surface area contributed by atoms with Crippen LogP contribution in [0.15, 0.2) is 34.9 Å². The fraction of sp³-hybridized carbons (Fsp3) is 0.375. The van der Waals surface area contributed by atoms with E-state index in [0.29, 0.717) is 35.9 Å². The molecule has 2 heterocycles. The van der Waals surface area contributed by atoms with Crippen LogP contribution in [0.25, 0.3) is 10.9 Å². The Morgan fingerprint density at radius 3 is 2.78 bits per heavy atom. The lowest BCUT2D eigenvalue weighted by Gasteiger charge is -2.25. The molecule has 1 aromatic heterocycles. The van der Waals surface area contributed by atoms with Gasteiger partial charge in [0.25, 0.3) is 5.91 Å². The highest BCUT2D eigenvalue weighted by molar-refractivity contribution is 9.10. The second-order valence-electron chi connectivity index (χ2n) is 6.11. The standard InChI is InChI=1S/C16H15BrF3N3O3S/c17-10-3-4-14-13(8-10)12(5-6-21-14)15(24)23-7-1-2-11(23)9-22-27(25,26)16(18,19)20/h3-6,8,11,22H,1-2,7,9H2/t11-/m1/s1. The quantitative estimate of drug-likeness (QED) is 0.752. The summed E-state index contributed by atoms with van der Waals surface area (Å²) in [6, 6.07) is 6.17. The number of hydrogen-bond donors (Lipinski definition) is 1. The van der Waals surface area contributed by atoms with Crippen molar-refractivity contribution in [2.75, 3.05) is 13.1 Å². The molecule has 2 aromatic rings. The average molecular weight is 466 g/mol. The van der Waals surface area contributed by atoms with E-state index in [-0.39, 0.29) is 5.91 Å². The van der Waals surface area contributed by atoms with Crippen molar-refractivity contribution in [3.05, 3.63) is 40.5 Å². The van der Waals surface area contributed by atoms with E-state index in [1.165, 1.54) is 11.1 Å². The zero-order valence-corrected chi connectivity index (χ0v) is 16.2. The first kappa shape index (κ1) is 20.0. The third kappa shape index (κ3) is 4.09. The highest BCUT2D eigenvalue weighted by Gasteiger charge is 2.46. The first-order valence-corrected chi connectivity index (χ1v) is 10.3.